The van der Waals surface area contributed by atoms with Gasteiger partial charge in [0, 0.05) is 24.0 Å². The standard InChI is InChI=1S/C27H25ClFN5O5/c1-39-22-7-2-4-18-17(22)12-13-34(24(18)25(35)32-16-10-8-15(9-11-16)27(37)38)26(36)21(33-30)14-31-20-6-3-5-19(28)23(20)29/h2-11,14,24,31,33H,12-13,30H2,1H3,(H,32,35)(H,37,38)/b21-14-. The van der Waals surface area contributed by atoms with Gasteiger partial charge in [-0.15, -0.1) is 0 Å². The van der Waals surface area contributed by atoms with E-state index in [0.29, 0.717) is 23.4 Å². The van der Waals surface area contributed by atoms with Gasteiger partial charge in [-0.25, -0.2) is 9.18 Å². The highest BCUT2D eigenvalue weighted by Crippen LogP contribution is 2.36. The minimum Gasteiger partial charge on any atom is -0.496 e. The predicted molar refractivity (Wildman–Crippen MR) is 144 cm³/mol. The fraction of sp³-hybridized carbons (Fsp3) is 0.148. The molecule has 1 atom stereocenters. The molecule has 1 aliphatic rings. The number of hydrogen-bond acceptors (Lipinski definition) is 7. The highest BCUT2D eigenvalue weighted by atomic mass is 35.5. The molecule has 1 heterocycles. The number of ether oxygens (including phenoxy) is 1. The number of carboxylic acids is 1. The van der Waals surface area contributed by atoms with Crippen molar-refractivity contribution in [2.24, 2.45) is 5.84 Å². The van der Waals surface area contributed by atoms with E-state index in [9.17, 15) is 18.8 Å². The monoisotopic (exact) mass is 553 g/mol. The molecule has 0 aromatic heterocycles. The third-order valence-electron chi connectivity index (χ3n) is 6.22. The zero-order valence-electron chi connectivity index (χ0n) is 20.7. The van der Waals surface area contributed by atoms with Crippen molar-refractivity contribution in [3.63, 3.8) is 0 Å². The summed E-state index contributed by atoms with van der Waals surface area (Å²) >= 11 is 5.83. The van der Waals surface area contributed by atoms with E-state index >= 15 is 0 Å². The van der Waals surface area contributed by atoms with Crippen LogP contribution >= 0.6 is 11.6 Å². The summed E-state index contributed by atoms with van der Waals surface area (Å²) < 4.78 is 19.8. The van der Waals surface area contributed by atoms with Crippen LogP contribution in [-0.2, 0) is 16.0 Å². The lowest BCUT2D eigenvalue weighted by Gasteiger charge is -2.37. The molecule has 0 bridgehead atoms. The summed E-state index contributed by atoms with van der Waals surface area (Å²) in [6.07, 6.45) is 1.59. The molecule has 0 fully saturated rings. The zero-order chi connectivity index (χ0) is 28.1. The average Bonchev–Trinajstić information content (AvgIpc) is 2.94. The van der Waals surface area contributed by atoms with Gasteiger partial charge in [0.25, 0.3) is 11.8 Å². The van der Waals surface area contributed by atoms with Crippen LogP contribution < -0.4 is 26.6 Å². The van der Waals surface area contributed by atoms with Crippen molar-refractivity contribution in [2.45, 2.75) is 12.5 Å². The Bertz CT molecular complexity index is 1450. The number of amides is 2. The van der Waals surface area contributed by atoms with Crippen LogP contribution in [0.15, 0.2) is 72.6 Å². The van der Waals surface area contributed by atoms with Gasteiger partial charge in [-0.3, -0.25) is 15.4 Å². The summed E-state index contributed by atoms with van der Waals surface area (Å²) in [7, 11) is 1.52. The lowest BCUT2D eigenvalue weighted by molar-refractivity contribution is -0.136. The van der Waals surface area contributed by atoms with Crippen LogP contribution in [0.25, 0.3) is 0 Å². The van der Waals surface area contributed by atoms with Gasteiger partial charge in [0.15, 0.2) is 5.82 Å². The van der Waals surface area contributed by atoms with Crippen molar-refractivity contribution < 1.29 is 28.6 Å². The number of anilines is 2. The van der Waals surface area contributed by atoms with E-state index in [1.165, 1.54) is 60.7 Å². The molecule has 10 nitrogen and oxygen atoms in total. The summed E-state index contributed by atoms with van der Waals surface area (Å²) in [5.41, 5.74) is 3.94. The number of benzene rings is 3. The van der Waals surface area contributed by atoms with Crippen LogP contribution in [0.4, 0.5) is 15.8 Å². The molecule has 4 rings (SSSR count). The van der Waals surface area contributed by atoms with Crippen LogP contribution in [0.1, 0.15) is 27.5 Å². The van der Waals surface area contributed by atoms with Crippen LogP contribution in [0.2, 0.25) is 5.02 Å². The first-order chi connectivity index (χ1) is 18.7. The van der Waals surface area contributed by atoms with Gasteiger partial charge in [-0.2, -0.15) is 0 Å². The molecular weight excluding hydrogens is 529 g/mol. The Morgan fingerprint density at radius 2 is 1.85 bits per heavy atom. The van der Waals surface area contributed by atoms with E-state index in [0.717, 1.165) is 5.56 Å². The molecule has 0 radical (unpaired) electrons. The lowest BCUT2D eigenvalue weighted by Crippen LogP contribution is -2.48. The number of hydrogen-bond donors (Lipinski definition) is 5. The lowest BCUT2D eigenvalue weighted by atomic mass is 9.90. The van der Waals surface area contributed by atoms with Crippen molar-refractivity contribution in [3.8, 4) is 5.75 Å². The first-order valence-corrected chi connectivity index (χ1v) is 12.1. The number of carbonyl (C=O) groups excluding carboxylic acids is 2. The Kier molecular flexibility index (Phi) is 8.33. The summed E-state index contributed by atoms with van der Waals surface area (Å²) in [5, 5.41) is 14.5. The van der Waals surface area contributed by atoms with E-state index in [1.807, 2.05) is 0 Å². The maximum atomic E-state index is 14.3. The molecule has 0 saturated heterocycles. The summed E-state index contributed by atoms with van der Waals surface area (Å²) in [5.74, 6) is 3.26. The summed E-state index contributed by atoms with van der Waals surface area (Å²) in [4.78, 5) is 39.8. The second-order valence-corrected chi connectivity index (χ2v) is 8.91. The van der Waals surface area contributed by atoms with Gasteiger partial charge < -0.3 is 30.8 Å². The highest BCUT2D eigenvalue weighted by Gasteiger charge is 2.38. The molecule has 202 valence electrons. The number of fused-ring (bicyclic) bond motifs is 1. The van der Waals surface area contributed by atoms with Gasteiger partial charge >= 0.3 is 5.97 Å². The average molecular weight is 554 g/mol. The van der Waals surface area contributed by atoms with E-state index in [4.69, 9.17) is 27.3 Å². The number of nitrogens with one attached hydrogen (secondary N) is 3. The second kappa shape index (κ2) is 11.8. The highest BCUT2D eigenvalue weighted by molar-refractivity contribution is 6.31. The second-order valence-electron chi connectivity index (χ2n) is 8.50. The van der Waals surface area contributed by atoms with E-state index in [2.05, 4.69) is 16.1 Å². The molecular formula is C27H25ClFN5O5. The van der Waals surface area contributed by atoms with Crippen LogP contribution in [0, 0.1) is 5.82 Å². The van der Waals surface area contributed by atoms with Gasteiger partial charge in [0.05, 0.1) is 23.4 Å². The first kappa shape index (κ1) is 27.4. The molecule has 3 aromatic rings. The van der Waals surface area contributed by atoms with Crippen molar-refractivity contribution in [2.75, 3.05) is 24.3 Å². The van der Waals surface area contributed by atoms with Gasteiger partial charge in [-0.1, -0.05) is 29.8 Å². The number of hydrazine groups is 1. The topological polar surface area (TPSA) is 146 Å². The maximum absolute atomic E-state index is 14.3. The van der Waals surface area contributed by atoms with E-state index in [1.54, 1.807) is 18.2 Å². The number of methoxy groups -OCH3 is 1. The Hall–Kier alpha value is -4.61. The minimum atomic E-state index is -1.10. The maximum Gasteiger partial charge on any atom is 0.335 e. The number of carbonyl (C=O) groups is 3. The molecule has 2 amide bonds. The molecule has 39 heavy (non-hydrogen) atoms. The van der Waals surface area contributed by atoms with Crippen molar-refractivity contribution in [1.29, 1.82) is 0 Å². The van der Waals surface area contributed by atoms with Crippen LogP contribution in [0.3, 0.4) is 0 Å². The van der Waals surface area contributed by atoms with Crippen molar-refractivity contribution in [1.82, 2.24) is 10.3 Å². The van der Waals surface area contributed by atoms with Gasteiger partial charge in [0.2, 0.25) is 0 Å². The normalized spacial score (nSPS) is 14.7. The van der Waals surface area contributed by atoms with Crippen LogP contribution in [0.5, 0.6) is 5.75 Å². The van der Waals surface area contributed by atoms with Gasteiger partial charge in [-0.05, 0) is 54.4 Å². The molecule has 1 unspecified atom stereocenters. The Labute approximate surface area is 228 Å². The van der Waals surface area contributed by atoms with Crippen LogP contribution in [-0.4, -0.2) is 41.4 Å². The number of nitrogens with two attached hydrogens (primary N) is 1. The summed E-state index contributed by atoms with van der Waals surface area (Å²) in [6, 6.07) is 14.1. The fourth-order valence-corrected chi connectivity index (χ4v) is 4.49. The predicted octanol–water partition coefficient (Wildman–Crippen LogP) is 3.67. The Morgan fingerprint density at radius 1 is 1.13 bits per heavy atom. The molecule has 0 spiro atoms. The number of halogens is 2. The molecule has 6 N–H and O–H groups in total. The quantitative estimate of drug-likeness (QED) is 0.161. The minimum absolute atomic E-state index is 0.0240. The molecule has 0 saturated carbocycles. The molecule has 3 aromatic carbocycles. The Balaban J connectivity index is 1.67. The zero-order valence-corrected chi connectivity index (χ0v) is 21.5. The first-order valence-electron chi connectivity index (χ1n) is 11.7. The molecule has 12 heteroatoms. The number of carboxylic acid groups (broad SMARTS) is 1. The smallest absolute Gasteiger partial charge is 0.335 e. The Morgan fingerprint density at radius 3 is 2.51 bits per heavy atom. The number of rotatable bonds is 8. The largest absolute Gasteiger partial charge is 0.496 e. The number of nitrogens with zero attached hydrogens (tertiary/aromatic N) is 1. The SMILES string of the molecule is COc1cccc2c1CCN(C(=O)/C(=C/Nc1cccc(Cl)c1F)NN)C2C(=O)Nc1ccc(C(=O)O)cc1. The van der Waals surface area contributed by atoms with Crippen molar-refractivity contribution >= 4 is 40.8 Å². The van der Waals surface area contributed by atoms with Crippen molar-refractivity contribution in [3.05, 3.63) is 100 Å². The summed E-state index contributed by atoms with van der Waals surface area (Å²) in [6.45, 7) is 0.146. The molecule has 0 aliphatic carbocycles. The van der Waals surface area contributed by atoms with E-state index < -0.39 is 29.6 Å². The number of aromatic carboxylic acids is 1. The fourth-order valence-electron chi connectivity index (χ4n) is 4.32. The third-order valence-corrected chi connectivity index (χ3v) is 6.51. The molecule has 1 aliphatic heterocycles. The third kappa shape index (κ3) is 5.79. The van der Waals surface area contributed by atoms with E-state index in [-0.39, 0.29) is 28.5 Å². The van der Waals surface area contributed by atoms with Gasteiger partial charge in [0.1, 0.15) is 17.5 Å².